The standard InChI is InChI=1S/C28H31N5O5/c1-15(2)12-20(14-34)33-26(35)18-7-11-21(23(13-18)28(37)38)22-10-4-16(3)31-24(22)27(36)32-19-8-5-17(6-9-19)25(29)30/h4-11,13,15,20,34H,12,14H2,1-3H3,(H3,29,30)(H,32,36)(H,33,35)(H,37,38)/t20-/m0/s1. The van der Waals surface area contributed by atoms with Gasteiger partial charge in [0.1, 0.15) is 11.5 Å². The van der Waals surface area contributed by atoms with Crippen LogP contribution < -0.4 is 16.4 Å². The first-order valence-corrected chi connectivity index (χ1v) is 12.0. The van der Waals surface area contributed by atoms with Gasteiger partial charge in [-0.15, -0.1) is 0 Å². The van der Waals surface area contributed by atoms with Gasteiger partial charge in [-0.1, -0.05) is 26.0 Å². The van der Waals surface area contributed by atoms with Crippen LogP contribution in [-0.2, 0) is 0 Å². The van der Waals surface area contributed by atoms with E-state index in [2.05, 4.69) is 15.6 Å². The highest BCUT2D eigenvalue weighted by Gasteiger charge is 2.22. The zero-order valence-corrected chi connectivity index (χ0v) is 21.4. The van der Waals surface area contributed by atoms with Crippen LogP contribution in [0.4, 0.5) is 5.69 Å². The molecule has 38 heavy (non-hydrogen) atoms. The molecule has 3 aromatic rings. The number of aliphatic hydroxyl groups excluding tert-OH is 1. The fourth-order valence-electron chi connectivity index (χ4n) is 3.98. The van der Waals surface area contributed by atoms with Gasteiger partial charge in [0.15, 0.2) is 0 Å². The summed E-state index contributed by atoms with van der Waals surface area (Å²) in [6.07, 6.45) is 0.567. The van der Waals surface area contributed by atoms with Gasteiger partial charge in [-0.25, -0.2) is 9.78 Å². The lowest BCUT2D eigenvalue weighted by atomic mass is 9.95. The lowest BCUT2D eigenvalue weighted by molar-refractivity contribution is 0.0697. The molecule has 2 aromatic carbocycles. The van der Waals surface area contributed by atoms with Crippen LogP contribution in [0.1, 0.15) is 62.7 Å². The summed E-state index contributed by atoms with van der Waals surface area (Å²) < 4.78 is 0. The van der Waals surface area contributed by atoms with E-state index in [0.717, 1.165) is 0 Å². The first kappa shape index (κ1) is 28.0. The second-order valence-electron chi connectivity index (χ2n) is 9.34. The van der Waals surface area contributed by atoms with Crippen molar-refractivity contribution in [1.82, 2.24) is 10.3 Å². The lowest BCUT2D eigenvalue weighted by Crippen LogP contribution is -2.38. The number of amidine groups is 1. The fourth-order valence-corrected chi connectivity index (χ4v) is 3.98. The smallest absolute Gasteiger partial charge is 0.336 e. The number of aromatic carboxylic acids is 1. The van der Waals surface area contributed by atoms with E-state index in [4.69, 9.17) is 11.1 Å². The van der Waals surface area contributed by atoms with Gasteiger partial charge in [-0.3, -0.25) is 15.0 Å². The molecular weight excluding hydrogens is 486 g/mol. The van der Waals surface area contributed by atoms with Gasteiger partial charge < -0.3 is 26.6 Å². The maximum atomic E-state index is 13.2. The van der Waals surface area contributed by atoms with E-state index < -0.39 is 23.8 Å². The average molecular weight is 518 g/mol. The zero-order chi connectivity index (χ0) is 28.0. The van der Waals surface area contributed by atoms with E-state index in [1.807, 2.05) is 13.8 Å². The molecule has 0 aliphatic carbocycles. The minimum Gasteiger partial charge on any atom is -0.478 e. The summed E-state index contributed by atoms with van der Waals surface area (Å²) in [5.41, 5.74) is 7.44. The summed E-state index contributed by atoms with van der Waals surface area (Å²) in [6.45, 7) is 5.41. The minimum absolute atomic E-state index is 0.0117. The molecule has 1 atom stereocenters. The quantitative estimate of drug-likeness (QED) is 0.176. The number of anilines is 1. The molecule has 2 amide bonds. The second kappa shape index (κ2) is 12.1. The number of nitrogen functional groups attached to an aromatic ring is 1. The number of carbonyl (C=O) groups is 3. The van der Waals surface area contributed by atoms with Crippen LogP contribution in [0.3, 0.4) is 0 Å². The van der Waals surface area contributed by atoms with Crippen LogP contribution in [0, 0.1) is 18.3 Å². The van der Waals surface area contributed by atoms with Crippen molar-refractivity contribution < 1.29 is 24.6 Å². The number of amides is 2. The Morgan fingerprint density at radius 3 is 2.18 bits per heavy atom. The summed E-state index contributed by atoms with van der Waals surface area (Å²) in [5.74, 6) is -2.20. The molecule has 10 heteroatoms. The van der Waals surface area contributed by atoms with Gasteiger partial charge >= 0.3 is 5.97 Å². The molecule has 1 heterocycles. The highest BCUT2D eigenvalue weighted by atomic mass is 16.4. The molecule has 0 fully saturated rings. The first-order chi connectivity index (χ1) is 18.0. The van der Waals surface area contributed by atoms with Crippen molar-refractivity contribution in [3.05, 3.63) is 82.7 Å². The molecule has 0 spiro atoms. The number of carboxylic acid groups (broad SMARTS) is 1. The largest absolute Gasteiger partial charge is 0.478 e. The molecular formula is C28H31N5O5. The van der Waals surface area contributed by atoms with Crippen molar-refractivity contribution in [2.45, 2.75) is 33.2 Å². The number of aliphatic hydroxyl groups is 1. The maximum absolute atomic E-state index is 13.2. The van der Waals surface area contributed by atoms with Crippen LogP contribution in [0.5, 0.6) is 0 Å². The highest BCUT2D eigenvalue weighted by Crippen LogP contribution is 2.29. The number of aryl methyl sites for hydroxylation is 1. The Bertz CT molecular complexity index is 1370. The molecule has 7 N–H and O–H groups in total. The number of carbonyl (C=O) groups excluding carboxylic acids is 2. The number of pyridine rings is 1. The van der Waals surface area contributed by atoms with Crippen molar-refractivity contribution in [1.29, 1.82) is 5.41 Å². The maximum Gasteiger partial charge on any atom is 0.336 e. The fraction of sp³-hybridized carbons (Fsp3) is 0.250. The lowest BCUT2D eigenvalue weighted by Gasteiger charge is -2.19. The number of nitrogens with zero attached hydrogens (tertiary/aromatic N) is 1. The van der Waals surface area contributed by atoms with E-state index in [1.54, 1.807) is 43.3 Å². The Morgan fingerprint density at radius 1 is 0.974 bits per heavy atom. The SMILES string of the molecule is Cc1ccc(-c2ccc(C(=O)N[C@H](CO)CC(C)C)cc2C(=O)O)c(C(=O)Nc2ccc(C(=N)N)cc2)n1. The summed E-state index contributed by atoms with van der Waals surface area (Å²) in [7, 11) is 0. The van der Waals surface area contributed by atoms with Gasteiger partial charge in [0.25, 0.3) is 11.8 Å². The predicted octanol–water partition coefficient (Wildman–Crippen LogP) is 3.43. The van der Waals surface area contributed by atoms with Gasteiger partial charge in [-0.05, 0) is 67.3 Å². The van der Waals surface area contributed by atoms with Crippen molar-refractivity contribution in [3.63, 3.8) is 0 Å². The third kappa shape index (κ3) is 6.80. The highest BCUT2D eigenvalue weighted by molar-refractivity contribution is 6.10. The van der Waals surface area contributed by atoms with E-state index in [0.29, 0.717) is 23.4 Å². The van der Waals surface area contributed by atoms with E-state index in [1.165, 1.54) is 18.2 Å². The summed E-state index contributed by atoms with van der Waals surface area (Å²) in [5, 5.41) is 32.5. The number of nitrogens with one attached hydrogen (secondary N) is 3. The Kier molecular flexibility index (Phi) is 8.93. The van der Waals surface area contributed by atoms with Gasteiger partial charge in [0.05, 0.1) is 18.2 Å². The molecule has 0 bridgehead atoms. The molecule has 198 valence electrons. The summed E-state index contributed by atoms with van der Waals surface area (Å²) >= 11 is 0. The number of carboxylic acids is 1. The van der Waals surface area contributed by atoms with Crippen LogP contribution in [0.15, 0.2) is 54.6 Å². The Labute approximate surface area is 220 Å². The van der Waals surface area contributed by atoms with Crippen LogP contribution in [-0.4, -0.2) is 51.5 Å². The Morgan fingerprint density at radius 2 is 1.61 bits per heavy atom. The van der Waals surface area contributed by atoms with Crippen molar-refractivity contribution in [2.24, 2.45) is 11.7 Å². The molecule has 0 aliphatic rings. The van der Waals surface area contributed by atoms with E-state index in [9.17, 15) is 24.6 Å². The molecule has 3 rings (SSSR count). The summed E-state index contributed by atoms with van der Waals surface area (Å²) in [6, 6.07) is 13.4. The number of hydrogen-bond acceptors (Lipinski definition) is 6. The van der Waals surface area contributed by atoms with E-state index >= 15 is 0 Å². The molecule has 1 aromatic heterocycles. The third-order valence-corrected chi connectivity index (χ3v) is 5.82. The predicted molar refractivity (Wildman–Crippen MR) is 145 cm³/mol. The molecule has 0 radical (unpaired) electrons. The van der Waals surface area contributed by atoms with E-state index in [-0.39, 0.29) is 46.3 Å². The molecule has 0 saturated heterocycles. The monoisotopic (exact) mass is 517 g/mol. The Hall–Kier alpha value is -4.57. The van der Waals surface area contributed by atoms with Crippen LogP contribution in [0.25, 0.3) is 11.1 Å². The van der Waals surface area contributed by atoms with Crippen molar-refractivity contribution in [3.8, 4) is 11.1 Å². The molecule has 0 aliphatic heterocycles. The molecule has 0 unspecified atom stereocenters. The summed E-state index contributed by atoms with van der Waals surface area (Å²) in [4.78, 5) is 42.6. The average Bonchev–Trinajstić information content (AvgIpc) is 2.87. The van der Waals surface area contributed by atoms with Gasteiger partial charge in [0.2, 0.25) is 0 Å². The topological polar surface area (TPSA) is 178 Å². The zero-order valence-electron chi connectivity index (χ0n) is 21.4. The van der Waals surface area contributed by atoms with Crippen molar-refractivity contribution in [2.75, 3.05) is 11.9 Å². The van der Waals surface area contributed by atoms with Gasteiger partial charge in [-0.2, -0.15) is 0 Å². The van der Waals surface area contributed by atoms with Crippen molar-refractivity contribution >= 4 is 29.3 Å². The normalized spacial score (nSPS) is 11.6. The Balaban J connectivity index is 1.97. The number of rotatable bonds is 10. The molecule has 0 saturated carbocycles. The molecule has 10 nitrogen and oxygen atoms in total. The number of aromatic nitrogens is 1. The third-order valence-electron chi connectivity index (χ3n) is 5.82. The first-order valence-electron chi connectivity index (χ1n) is 12.0. The number of hydrogen-bond donors (Lipinski definition) is 6. The van der Waals surface area contributed by atoms with Crippen LogP contribution in [0.2, 0.25) is 0 Å². The van der Waals surface area contributed by atoms with Crippen LogP contribution >= 0.6 is 0 Å². The second-order valence-corrected chi connectivity index (χ2v) is 9.34. The number of nitrogens with two attached hydrogens (primary N) is 1. The minimum atomic E-state index is -1.28. The number of benzene rings is 2. The van der Waals surface area contributed by atoms with Gasteiger partial charge in [0, 0.05) is 28.1 Å².